The van der Waals surface area contributed by atoms with Crippen molar-refractivity contribution < 1.29 is 9.57 Å². The van der Waals surface area contributed by atoms with Crippen molar-refractivity contribution in [2.45, 2.75) is 50.9 Å². The van der Waals surface area contributed by atoms with Gasteiger partial charge in [0.05, 0.1) is 6.10 Å². The number of aryl methyl sites for hydroxylation is 1. The Morgan fingerprint density at radius 2 is 2.09 bits per heavy atom. The first-order chi connectivity index (χ1) is 11.0. The van der Waals surface area contributed by atoms with E-state index in [0.29, 0.717) is 12.1 Å². The number of nitrogens with two attached hydrogens (primary N) is 1. The molecule has 1 heterocycles. The molecule has 4 rings (SSSR count). The molecule has 0 bridgehead atoms. The highest BCUT2D eigenvalue weighted by Gasteiger charge is 2.63. The Labute approximate surface area is 137 Å². The lowest BCUT2D eigenvalue weighted by Crippen LogP contribution is -2.46. The predicted molar refractivity (Wildman–Crippen MR) is 88.7 cm³/mol. The maximum absolute atomic E-state index is 6.33. The third kappa shape index (κ3) is 1.96. The number of benzene rings is 1. The second-order valence-corrected chi connectivity index (χ2v) is 7.26. The van der Waals surface area contributed by atoms with E-state index in [4.69, 9.17) is 20.3 Å². The van der Waals surface area contributed by atoms with E-state index in [1.54, 1.807) is 12.2 Å². The minimum absolute atomic E-state index is 0.0203. The molecule has 23 heavy (non-hydrogen) atoms. The largest absolute Gasteiger partial charge is 0.381 e. The highest BCUT2D eigenvalue weighted by molar-refractivity contribution is 5.79. The molecule has 1 aromatic rings. The van der Waals surface area contributed by atoms with Crippen molar-refractivity contribution in [2.24, 2.45) is 16.1 Å². The lowest BCUT2D eigenvalue weighted by Gasteiger charge is -2.45. The Balaban J connectivity index is 1.82. The summed E-state index contributed by atoms with van der Waals surface area (Å²) < 4.78 is 5.57. The fraction of sp³-hybridized carbons (Fsp3) is 0.611. The number of rotatable bonds is 1. The molecule has 124 valence electrons. The van der Waals surface area contributed by atoms with E-state index in [0.717, 1.165) is 32.1 Å². The van der Waals surface area contributed by atoms with Gasteiger partial charge in [-0.2, -0.15) is 0 Å². The van der Waals surface area contributed by atoms with Crippen LogP contribution in [-0.4, -0.2) is 31.3 Å². The van der Waals surface area contributed by atoms with E-state index in [1.165, 1.54) is 16.7 Å². The van der Waals surface area contributed by atoms with Crippen LogP contribution in [0.3, 0.4) is 0 Å². The van der Waals surface area contributed by atoms with Crippen LogP contribution in [0.2, 0.25) is 0 Å². The molecule has 5 heteroatoms. The summed E-state index contributed by atoms with van der Waals surface area (Å²) in [6, 6.07) is 6.64. The minimum Gasteiger partial charge on any atom is -0.381 e. The lowest BCUT2D eigenvalue weighted by atomic mass is 9.66. The van der Waals surface area contributed by atoms with Crippen LogP contribution in [0.1, 0.15) is 42.4 Å². The topological polar surface area (TPSA) is 60.1 Å². The highest BCUT2D eigenvalue weighted by Crippen LogP contribution is 2.61. The third-order valence-corrected chi connectivity index (χ3v) is 5.96. The van der Waals surface area contributed by atoms with Gasteiger partial charge in [0.2, 0.25) is 11.7 Å². The number of aliphatic imine (C=N–C) groups is 1. The van der Waals surface area contributed by atoms with Crippen molar-refractivity contribution in [2.75, 3.05) is 14.2 Å². The van der Waals surface area contributed by atoms with Gasteiger partial charge in [0.25, 0.3) is 0 Å². The van der Waals surface area contributed by atoms with Gasteiger partial charge in [-0.15, -0.1) is 0 Å². The number of hydroxylamine groups is 2. The molecule has 1 aromatic carbocycles. The standard InChI is InChI=1S/C18H25N3O2/c1-12-4-5-13-11-17(8-6-14(22-3)7-9-17)18(15(13)10-12)20-16(19)21(2)23-18/h4-5,10,14H,6-9,11H2,1-3H3,(H2,19,20). The van der Waals surface area contributed by atoms with Crippen molar-refractivity contribution in [3.63, 3.8) is 0 Å². The summed E-state index contributed by atoms with van der Waals surface area (Å²) >= 11 is 0. The molecular weight excluding hydrogens is 290 g/mol. The maximum atomic E-state index is 6.33. The molecule has 1 atom stereocenters. The molecule has 2 spiro atoms. The molecule has 1 aliphatic heterocycles. The summed E-state index contributed by atoms with van der Waals surface area (Å²) in [7, 11) is 3.65. The SMILES string of the molecule is COC1CCC2(CC1)Cc1ccc(C)cc1C21N=C(N)N(C)O1. The number of hydrogen-bond acceptors (Lipinski definition) is 5. The van der Waals surface area contributed by atoms with E-state index < -0.39 is 5.72 Å². The first kappa shape index (κ1) is 15.0. The van der Waals surface area contributed by atoms with Gasteiger partial charge in [0.15, 0.2) is 0 Å². The van der Waals surface area contributed by atoms with Crippen LogP contribution in [0.4, 0.5) is 0 Å². The number of guanidine groups is 1. The molecule has 0 radical (unpaired) electrons. The second-order valence-electron chi connectivity index (χ2n) is 7.26. The zero-order valence-corrected chi connectivity index (χ0v) is 14.1. The van der Waals surface area contributed by atoms with Crippen LogP contribution in [0.25, 0.3) is 0 Å². The Morgan fingerprint density at radius 1 is 1.35 bits per heavy atom. The number of hydrogen-bond donors (Lipinski definition) is 1. The number of methoxy groups -OCH3 is 1. The molecular formula is C18H25N3O2. The summed E-state index contributed by atoms with van der Waals surface area (Å²) in [6.07, 6.45) is 5.54. The Kier molecular flexibility index (Phi) is 3.22. The molecule has 3 aliphatic rings. The van der Waals surface area contributed by atoms with Gasteiger partial charge in [-0.3, -0.25) is 0 Å². The van der Waals surface area contributed by atoms with Crippen molar-refractivity contribution in [3.8, 4) is 0 Å². The van der Waals surface area contributed by atoms with Crippen LogP contribution in [-0.2, 0) is 21.7 Å². The van der Waals surface area contributed by atoms with Gasteiger partial charge in [0.1, 0.15) is 0 Å². The van der Waals surface area contributed by atoms with Crippen LogP contribution in [0.5, 0.6) is 0 Å². The second kappa shape index (κ2) is 4.95. The fourth-order valence-corrected chi connectivity index (χ4v) is 4.65. The highest BCUT2D eigenvalue weighted by atomic mass is 16.7. The van der Waals surface area contributed by atoms with Crippen LogP contribution in [0, 0.1) is 12.3 Å². The summed E-state index contributed by atoms with van der Waals surface area (Å²) in [5.41, 5.74) is 9.19. The van der Waals surface area contributed by atoms with Crippen LogP contribution in [0.15, 0.2) is 23.2 Å². The number of nitrogens with zero attached hydrogens (tertiary/aromatic N) is 2. The Morgan fingerprint density at radius 3 is 2.70 bits per heavy atom. The quantitative estimate of drug-likeness (QED) is 0.865. The van der Waals surface area contributed by atoms with Crippen molar-refractivity contribution in [3.05, 3.63) is 34.9 Å². The molecule has 0 aromatic heterocycles. The van der Waals surface area contributed by atoms with E-state index in [2.05, 4.69) is 25.1 Å². The first-order valence-electron chi connectivity index (χ1n) is 8.41. The van der Waals surface area contributed by atoms with E-state index >= 15 is 0 Å². The molecule has 1 fully saturated rings. The number of ether oxygens (including phenoxy) is 1. The van der Waals surface area contributed by atoms with E-state index in [-0.39, 0.29) is 5.41 Å². The van der Waals surface area contributed by atoms with Gasteiger partial charge in [-0.1, -0.05) is 23.8 Å². The average Bonchev–Trinajstić information content (AvgIpc) is 2.97. The van der Waals surface area contributed by atoms with Gasteiger partial charge >= 0.3 is 0 Å². The van der Waals surface area contributed by atoms with Gasteiger partial charge < -0.3 is 10.5 Å². The first-order valence-corrected chi connectivity index (χ1v) is 8.41. The zero-order chi connectivity index (χ0) is 16.2. The molecule has 2 aliphatic carbocycles. The summed E-state index contributed by atoms with van der Waals surface area (Å²) in [4.78, 5) is 11.2. The fourth-order valence-electron chi connectivity index (χ4n) is 4.65. The third-order valence-electron chi connectivity index (χ3n) is 5.96. The number of fused-ring (bicyclic) bond motifs is 3. The molecule has 2 N–H and O–H groups in total. The Bertz CT molecular complexity index is 664. The lowest BCUT2D eigenvalue weighted by molar-refractivity contribution is -0.232. The van der Waals surface area contributed by atoms with Crippen molar-refractivity contribution in [1.29, 1.82) is 0 Å². The smallest absolute Gasteiger partial charge is 0.220 e. The van der Waals surface area contributed by atoms with E-state index in [9.17, 15) is 0 Å². The molecule has 5 nitrogen and oxygen atoms in total. The summed E-state index contributed by atoms with van der Waals surface area (Å²) in [5.74, 6) is 0.465. The normalized spacial score (nSPS) is 35.9. The zero-order valence-electron chi connectivity index (χ0n) is 14.1. The minimum atomic E-state index is -0.661. The predicted octanol–water partition coefficient (Wildman–Crippen LogP) is 2.47. The van der Waals surface area contributed by atoms with Crippen LogP contribution >= 0.6 is 0 Å². The molecule has 0 saturated heterocycles. The molecule has 1 saturated carbocycles. The summed E-state index contributed by atoms with van der Waals surface area (Å²) in [5, 5.41) is 1.63. The monoisotopic (exact) mass is 315 g/mol. The van der Waals surface area contributed by atoms with Gasteiger partial charge in [-0.25, -0.2) is 14.9 Å². The molecule has 0 amide bonds. The molecule has 1 unspecified atom stereocenters. The maximum Gasteiger partial charge on any atom is 0.220 e. The van der Waals surface area contributed by atoms with Crippen molar-refractivity contribution in [1.82, 2.24) is 5.06 Å². The van der Waals surface area contributed by atoms with Gasteiger partial charge in [0, 0.05) is 25.1 Å². The summed E-state index contributed by atoms with van der Waals surface area (Å²) in [6.45, 7) is 2.12. The van der Waals surface area contributed by atoms with Crippen molar-refractivity contribution >= 4 is 5.96 Å². The average molecular weight is 315 g/mol. The van der Waals surface area contributed by atoms with Crippen LogP contribution < -0.4 is 5.73 Å². The van der Waals surface area contributed by atoms with E-state index in [1.807, 2.05) is 7.05 Å². The van der Waals surface area contributed by atoms with Gasteiger partial charge in [-0.05, 0) is 44.6 Å². The Hall–Kier alpha value is -1.59.